The molecule has 0 amide bonds. The summed E-state index contributed by atoms with van der Waals surface area (Å²) in [6, 6.07) is 8.47. The van der Waals surface area contributed by atoms with Crippen LogP contribution >= 0.6 is 0 Å². The van der Waals surface area contributed by atoms with E-state index in [0.717, 1.165) is 0 Å². The third kappa shape index (κ3) is 2.89. The molecule has 0 bridgehead atoms. The highest BCUT2D eigenvalue weighted by atomic mass is 16.5. The van der Waals surface area contributed by atoms with Crippen LogP contribution in [-0.2, 0) is 9.53 Å². The number of aromatic hydroxyl groups is 1. The number of hydrogen-bond donors (Lipinski definition) is 1. The van der Waals surface area contributed by atoms with E-state index in [0.29, 0.717) is 17.6 Å². The van der Waals surface area contributed by atoms with Crippen LogP contribution in [0.2, 0.25) is 0 Å². The van der Waals surface area contributed by atoms with Crippen LogP contribution in [0, 0.1) is 11.3 Å². The molecular formula is C14H15NO3. The predicted molar refractivity (Wildman–Crippen MR) is 67.6 cm³/mol. The van der Waals surface area contributed by atoms with Crippen molar-refractivity contribution in [1.29, 1.82) is 5.26 Å². The summed E-state index contributed by atoms with van der Waals surface area (Å²) in [5, 5.41) is 18.9. The van der Waals surface area contributed by atoms with E-state index in [4.69, 9.17) is 10.00 Å². The molecule has 1 N–H and O–H groups in total. The highest BCUT2D eigenvalue weighted by Gasteiger charge is 2.18. The second-order valence-corrected chi connectivity index (χ2v) is 3.56. The van der Waals surface area contributed by atoms with Gasteiger partial charge in [-0.15, -0.1) is 0 Å². The van der Waals surface area contributed by atoms with Gasteiger partial charge in [0, 0.05) is 5.56 Å². The molecule has 0 atom stereocenters. The smallest absolute Gasteiger partial charge is 0.349 e. The number of allylic oxidation sites excluding steroid dienone is 1. The first-order valence-corrected chi connectivity index (χ1v) is 5.74. The minimum Gasteiger partial charge on any atom is -0.507 e. The van der Waals surface area contributed by atoms with Crippen LogP contribution in [0.1, 0.15) is 25.8 Å². The quantitative estimate of drug-likeness (QED) is 0.503. The fourth-order valence-corrected chi connectivity index (χ4v) is 1.67. The average molecular weight is 245 g/mol. The highest BCUT2D eigenvalue weighted by molar-refractivity contribution is 6.02. The second kappa shape index (κ2) is 6.45. The lowest BCUT2D eigenvalue weighted by Crippen LogP contribution is -2.08. The number of nitrogens with zero attached hydrogens (tertiary/aromatic N) is 1. The van der Waals surface area contributed by atoms with Gasteiger partial charge in [-0.3, -0.25) is 0 Å². The van der Waals surface area contributed by atoms with E-state index in [1.54, 1.807) is 25.1 Å². The van der Waals surface area contributed by atoms with E-state index in [1.165, 1.54) is 6.07 Å². The van der Waals surface area contributed by atoms with Gasteiger partial charge in [0.25, 0.3) is 0 Å². The van der Waals surface area contributed by atoms with E-state index in [1.807, 2.05) is 13.0 Å². The maximum atomic E-state index is 11.7. The zero-order valence-corrected chi connectivity index (χ0v) is 10.4. The maximum Gasteiger partial charge on any atom is 0.349 e. The summed E-state index contributed by atoms with van der Waals surface area (Å²) >= 11 is 0. The molecule has 0 aliphatic rings. The van der Waals surface area contributed by atoms with Crippen molar-refractivity contribution in [2.24, 2.45) is 0 Å². The van der Waals surface area contributed by atoms with Crippen LogP contribution in [0.4, 0.5) is 0 Å². The summed E-state index contributed by atoms with van der Waals surface area (Å²) in [5.74, 6) is -0.605. The first-order chi connectivity index (χ1) is 8.65. The van der Waals surface area contributed by atoms with Crippen LogP contribution in [0.5, 0.6) is 5.75 Å². The van der Waals surface area contributed by atoms with Crippen molar-refractivity contribution < 1.29 is 14.6 Å². The average Bonchev–Trinajstić information content (AvgIpc) is 2.37. The molecule has 1 aromatic carbocycles. The predicted octanol–water partition coefficient (Wildman–Crippen LogP) is 2.64. The van der Waals surface area contributed by atoms with E-state index in [2.05, 4.69) is 0 Å². The number of para-hydroxylation sites is 1. The van der Waals surface area contributed by atoms with Crippen LogP contribution in [0.3, 0.4) is 0 Å². The number of ether oxygens (including phenoxy) is 1. The van der Waals surface area contributed by atoms with Crippen molar-refractivity contribution in [3.63, 3.8) is 0 Å². The third-order valence-electron chi connectivity index (χ3n) is 2.48. The summed E-state index contributed by atoms with van der Waals surface area (Å²) in [4.78, 5) is 11.7. The lowest BCUT2D eigenvalue weighted by Gasteiger charge is -2.10. The minimum absolute atomic E-state index is 0.0476. The van der Waals surface area contributed by atoms with Gasteiger partial charge < -0.3 is 9.84 Å². The van der Waals surface area contributed by atoms with Crippen LogP contribution in [0.15, 0.2) is 29.8 Å². The van der Waals surface area contributed by atoms with Crippen LogP contribution in [-0.4, -0.2) is 17.7 Å². The lowest BCUT2D eigenvalue weighted by atomic mass is 9.97. The van der Waals surface area contributed by atoms with Crippen molar-refractivity contribution in [3.05, 3.63) is 35.4 Å². The molecule has 0 aliphatic heterocycles. The third-order valence-corrected chi connectivity index (χ3v) is 2.48. The summed E-state index contributed by atoms with van der Waals surface area (Å²) < 4.78 is 4.84. The Bertz CT molecular complexity index is 512. The Kier molecular flexibility index (Phi) is 4.94. The van der Waals surface area contributed by atoms with Gasteiger partial charge in [-0.25, -0.2) is 4.79 Å². The van der Waals surface area contributed by atoms with Crippen molar-refractivity contribution in [3.8, 4) is 11.8 Å². The SMILES string of the molecule is CCOC(=O)C(C#N)=C(CC)c1ccccc1O. The normalized spacial score (nSPS) is 11.4. The molecule has 0 saturated heterocycles. The van der Waals surface area contributed by atoms with Crippen molar-refractivity contribution in [2.75, 3.05) is 6.61 Å². The molecule has 4 nitrogen and oxygen atoms in total. The Hall–Kier alpha value is -2.28. The number of benzene rings is 1. The molecule has 1 aromatic rings. The van der Waals surface area contributed by atoms with E-state index >= 15 is 0 Å². The van der Waals surface area contributed by atoms with Crippen molar-refractivity contribution in [2.45, 2.75) is 20.3 Å². The first-order valence-electron chi connectivity index (χ1n) is 5.74. The Morgan fingerprint density at radius 2 is 2.06 bits per heavy atom. The number of nitriles is 1. The van der Waals surface area contributed by atoms with Gasteiger partial charge >= 0.3 is 5.97 Å². The molecule has 94 valence electrons. The van der Waals surface area contributed by atoms with Gasteiger partial charge in [-0.05, 0) is 25.0 Å². The number of phenols is 1. The van der Waals surface area contributed by atoms with Gasteiger partial charge in [-0.2, -0.15) is 5.26 Å². The largest absolute Gasteiger partial charge is 0.507 e. The fourth-order valence-electron chi connectivity index (χ4n) is 1.67. The standard InChI is InChI=1S/C14H15NO3/c1-3-10(11-7-5-6-8-13(11)16)12(9-15)14(17)18-4-2/h5-8,16H,3-4H2,1-2H3. The Labute approximate surface area is 106 Å². The van der Waals surface area contributed by atoms with E-state index < -0.39 is 5.97 Å². The zero-order valence-electron chi connectivity index (χ0n) is 10.4. The van der Waals surface area contributed by atoms with Crippen molar-refractivity contribution >= 4 is 11.5 Å². The Balaban J connectivity index is 3.34. The van der Waals surface area contributed by atoms with Gasteiger partial charge in [-0.1, -0.05) is 25.1 Å². The molecular weight excluding hydrogens is 230 g/mol. The van der Waals surface area contributed by atoms with E-state index in [-0.39, 0.29) is 17.9 Å². The number of hydrogen-bond acceptors (Lipinski definition) is 4. The van der Waals surface area contributed by atoms with Gasteiger partial charge in [0.2, 0.25) is 0 Å². The molecule has 4 heteroatoms. The highest BCUT2D eigenvalue weighted by Crippen LogP contribution is 2.29. The molecule has 0 fully saturated rings. The first kappa shape index (κ1) is 13.8. The maximum absolute atomic E-state index is 11.7. The Morgan fingerprint density at radius 1 is 1.39 bits per heavy atom. The summed E-state index contributed by atoms with van der Waals surface area (Å²) in [7, 11) is 0. The van der Waals surface area contributed by atoms with Crippen molar-refractivity contribution in [1.82, 2.24) is 0 Å². The number of carbonyl (C=O) groups is 1. The number of phenolic OH excluding ortho intramolecular Hbond substituents is 1. The molecule has 0 unspecified atom stereocenters. The molecule has 18 heavy (non-hydrogen) atoms. The monoisotopic (exact) mass is 245 g/mol. The molecule has 0 aromatic heterocycles. The molecule has 0 radical (unpaired) electrons. The van der Waals surface area contributed by atoms with E-state index in [9.17, 15) is 9.90 Å². The number of esters is 1. The molecule has 0 saturated carbocycles. The molecule has 0 spiro atoms. The second-order valence-electron chi connectivity index (χ2n) is 3.56. The van der Waals surface area contributed by atoms with Gasteiger partial charge in [0.05, 0.1) is 6.61 Å². The van der Waals surface area contributed by atoms with Crippen LogP contribution < -0.4 is 0 Å². The Morgan fingerprint density at radius 3 is 2.56 bits per heavy atom. The fraction of sp³-hybridized carbons (Fsp3) is 0.286. The zero-order chi connectivity index (χ0) is 13.5. The summed E-state index contributed by atoms with van der Waals surface area (Å²) in [6.45, 7) is 3.71. The molecule has 1 rings (SSSR count). The van der Waals surface area contributed by atoms with Gasteiger partial charge in [0.1, 0.15) is 17.4 Å². The number of carbonyl (C=O) groups excluding carboxylic acids is 1. The van der Waals surface area contributed by atoms with Gasteiger partial charge in [0.15, 0.2) is 0 Å². The lowest BCUT2D eigenvalue weighted by molar-refractivity contribution is -0.137. The summed E-state index contributed by atoms with van der Waals surface area (Å²) in [6.07, 6.45) is 0.458. The molecule has 0 heterocycles. The summed E-state index contributed by atoms with van der Waals surface area (Å²) in [5.41, 5.74) is 0.930. The minimum atomic E-state index is -0.653. The topological polar surface area (TPSA) is 70.3 Å². The van der Waals surface area contributed by atoms with Crippen LogP contribution in [0.25, 0.3) is 5.57 Å². The molecule has 0 aliphatic carbocycles. The number of rotatable bonds is 4.